The van der Waals surface area contributed by atoms with E-state index in [-0.39, 0.29) is 41.3 Å². The molecule has 1 amide bonds. The molecule has 11 nitrogen and oxygen atoms in total. The van der Waals surface area contributed by atoms with Crippen molar-refractivity contribution in [1.29, 1.82) is 0 Å². The van der Waals surface area contributed by atoms with Gasteiger partial charge in [0.25, 0.3) is 5.91 Å². The number of hydrogen-bond acceptors (Lipinski definition) is 8. The van der Waals surface area contributed by atoms with Crippen LogP contribution in [0.1, 0.15) is 48.5 Å². The van der Waals surface area contributed by atoms with Crippen molar-refractivity contribution in [2.24, 2.45) is 0 Å². The minimum absolute atomic E-state index is 0.112. The number of halogens is 3. The number of carbonyl (C=O) groups excluding carboxylic acids is 1. The molecule has 1 N–H and O–H groups in total. The fourth-order valence-electron chi connectivity index (χ4n) is 5.95. The molecule has 232 valence electrons. The number of hydrogen-bond donors (Lipinski definition) is 1. The zero-order valence-corrected chi connectivity index (χ0v) is 23.6. The molecule has 3 aliphatic heterocycles. The first-order chi connectivity index (χ1) is 20.7. The van der Waals surface area contributed by atoms with Crippen LogP contribution < -0.4 is 15.3 Å². The van der Waals surface area contributed by atoms with Crippen molar-refractivity contribution in [3.8, 4) is 5.75 Å². The summed E-state index contributed by atoms with van der Waals surface area (Å²) < 4.78 is 60.5. The number of anilines is 1. The van der Waals surface area contributed by atoms with Gasteiger partial charge in [-0.25, -0.2) is 9.78 Å². The van der Waals surface area contributed by atoms with Gasteiger partial charge in [-0.3, -0.25) is 14.3 Å². The summed E-state index contributed by atoms with van der Waals surface area (Å²) in [6.45, 7) is 3.80. The number of nitrogens with zero attached hydrogens (tertiary/aromatic N) is 4. The first-order valence-corrected chi connectivity index (χ1v) is 14.6. The lowest BCUT2D eigenvalue weighted by Crippen LogP contribution is -2.45. The average Bonchev–Trinajstić information content (AvgIpc) is 3.35. The SMILES string of the molecule is O=C(c1ccc(OC(F)(F)F)cc1)N1CCC(n2c(=O)[nH]c3ncc(N4CCO[C@H](COC5CCCCO5)C4)cc32)CC1. The molecule has 1 aromatic carbocycles. The van der Waals surface area contributed by atoms with E-state index in [9.17, 15) is 22.8 Å². The summed E-state index contributed by atoms with van der Waals surface area (Å²) in [7, 11) is 0. The number of ether oxygens (including phenoxy) is 4. The first kappa shape index (κ1) is 29.5. The third kappa shape index (κ3) is 6.97. The van der Waals surface area contributed by atoms with Gasteiger partial charge >= 0.3 is 12.1 Å². The topological polar surface area (TPSA) is 111 Å². The predicted octanol–water partition coefficient (Wildman–Crippen LogP) is 3.85. The van der Waals surface area contributed by atoms with Crippen molar-refractivity contribution in [3.63, 3.8) is 0 Å². The number of rotatable bonds is 7. The molecule has 3 aromatic rings. The van der Waals surface area contributed by atoms with E-state index in [1.165, 1.54) is 12.1 Å². The molecule has 1 unspecified atom stereocenters. The smallest absolute Gasteiger partial charge is 0.406 e. The van der Waals surface area contributed by atoms with Gasteiger partial charge in [-0.2, -0.15) is 0 Å². The second-order valence-corrected chi connectivity index (χ2v) is 11.0. The normalized spacial score (nSPS) is 22.2. The van der Waals surface area contributed by atoms with E-state index in [2.05, 4.69) is 19.6 Å². The maximum atomic E-state index is 13.0. The van der Waals surface area contributed by atoms with Crippen molar-refractivity contribution >= 4 is 22.8 Å². The summed E-state index contributed by atoms with van der Waals surface area (Å²) in [5, 5.41) is 0. The maximum absolute atomic E-state index is 13.0. The molecule has 5 heterocycles. The minimum atomic E-state index is -4.80. The summed E-state index contributed by atoms with van der Waals surface area (Å²) in [6.07, 6.45) is 0.792. The fourth-order valence-corrected chi connectivity index (χ4v) is 5.95. The highest BCUT2D eigenvalue weighted by Gasteiger charge is 2.32. The van der Waals surface area contributed by atoms with Gasteiger partial charge < -0.3 is 28.7 Å². The largest absolute Gasteiger partial charge is 0.573 e. The van der Waals surface area contributed by atoms with Gasteiger partial charge in [0.05, 0.1) is 36.7 Å². The Morgan fingerprint density at radius 1 is 1.05 bits per heavy atom. The number of benzene rings is 1. The Hall–Kier alpha value is -3.62. The van der Waals surface area contributed by atoms with E-state index >= 15 is 0 Å². The molecule has 0 bridgehead atoms. The summed E-state index contributed by atoms with van der Waals surface area (Å²) in [5.41, 5.74) is 2.09. The molecule has 3 aliphatic rings. The molecular formula is C29H34F3N5O6. The molecule has 0 aliphatic carbocycles. The van der Waals surface area contributed by atoms with Crippen molar-refractivity contribution in [2.45, 2.75) is 56.9 Å². The number of carbonyl (C=O) groups is 1. The lowest BCUT2D eigenvalue weighted by atomic mass is 10.0. The van der Waals surface area contributed by atoms with Crippen molar-refractivity contribution in [1.82, 2.24) is 19.4 Å². The summed E-state index contributed by atoms with van der Waals surface area (Å²) in [5.74, 6) is -0.669. The van der Waals surface area contributed by atoms with E-state index in [1.54, 1.807) is 15.7 Å². The Balaban J connectivity index is 1.09. The lowest BCUT2D eigenvalue weighted by Gasteiger charge is -2.35. The van der Waals surface area contributed by atoms with Crippen LogP contribution in [0.3, 0.4) is 0 Å². The van der Waals surface area contributed by atoms with Crippen LogP contribution >= 0.6 is 0 Å². The van der Waals surface area contributed by atoms with Crippen LogP contribution in [0.4, 0.5) is 18.9 Å². The molecular weight excluding hydrogens is 571 g/mol. The Kier molecular flexibility index (Phi) is 8.59. The minimum Gasteiger partial charge on any atom is -0.406 e. The van der Waals surface area contributed by atoms with Gasteiger partial charge in [-0.1, -0.05) is 0 Å². The number of imidazole rings is 1. The van der Waals surface area contributed by atoms with Gasteiger partial charge in [0.1, 0.15) is 5.75 Å². The highest BCUT2D eigenvalue weighted by atomic mass is 19.4. The van der Waals surface area contributed by atoms with Crippen molar-refractivity contribution in [2.75, 3.05) is 50.9 Å². The predicted molar refractivity (Wildman–Crippen MR) is 149 cm³/mol. The number of morpholine rings is 1. The van der Waals surface area contributed by atoms with Gasteiger partial charge in [-0.05, 0) is 62.4 Å². The second-order valence-electron chi connectivity index (χ2n) is 11.0. The first-order valence-electron chi connectivity index (χ1n) is 14.6. The van der Waals surface area contributed by atoms with E-state index in [4.69, 9.17) is 14.2 Å². The van der Waals surface area contributed by atoms with E-state index in [0.717, 1.165) is 43.7 Å². The van der Waals surface area contributed by atoms with E-state index < -0.39 is 6.36 Å². The number of nitrogens with one attached hydrogen (secondary N) is 1. The summed E-state index contributed by atoms with van der Waals surface area (Å²) in [4.78, 5) is 37.2. The quantitative estimate of drug-likeness (QED) is 0.433. The number of likely N-dealkylation sites (tertiary alicyclic amines) is 1. The summed E-state index contributed by atoms with van der Waals surface area (Å²) in [6, 6.07) is 6.70. The highest BCUT2D eigenvalue weighted by Crippen LogP contribution is 2.29. The Labute approximate surface area is 245 Å². The molecule has 2 atom stereocenters. The number of fused-ring (bicyclic) bond motifs is 1. The van der Waals surface area contributed by atoms with Gasteiger partial charge in [-0.15, -0.1) is 13.2 Å². The zero-order valence-electron chi connectivity index (χ0n) is 23.6. The molecule has 2 aromatic heterocycles. The van der Waals surface area contributed by atoms with Crippen LogP contribution in [0.25, 0.3) is 11.2 Å². The van der Waals surface area contributed by atoms with Crippen molar-refractivity contribution < 1.29 is 36.9 Å². The lowest BCUT2D eigenvalue weighted by molar-refractivity contribution is -0.274. The Bertz CT molecular complexity index is 1460. The Morgan fingerprint density at radius 3 is 2.56 bits per heavy atom. The number of piperidine rings is 1. The maximum Gasteiger partial charge on any atom is 0.573 e. The van der Waals surface area contributed by atoms with Crippen LogP contribution in [-0.4, -0.2) is 90.1 Å². The van der Waals surface area contributed by atoms with Crippen LogP contribution in [-0.2, 0) is 14.2 Å². The molecule has 0 saturated carbocycles. The number of pyridine rings is 1. The Morgan fingerprint density at radius 2 is 1.84 bits per heavy atom. The molecule has 0 spiro atoms. The number of aromatic nitrogens is 3. The highest BCUT2D eigenvalue weighted by molar-refractivity contribution is 5.94. The van der Waals surface area contributed by atoms with Crippen LogP contribution in [0.15, 0.2) is 41.3 Å². The van der Waals surface area contributed by atoms with Crippen LogP contribution in [0.5, 0.6) is 5.75 Å². The van der Waals surface area contributed by atoms with Crippen LogP contribution in [0.2, 0.25) is 0 Å². The number of amides is 1. The number of aromatic amines is 1. The molecule has 0 radical (unpaired) electrons. The van der Waals surface area contributed by atoms with Gasteiger partial charge in [0, 0.05) is 44.4 Å². The van der Waals surface area contributed by atoms with E-state index in [1.807, 2.05) is 6.07 Å². The molecule has 3 fully saturated rings. The fraction of sp³-hybridized carbons (Fsp3) is 0.552. The van der Waals surface area contributed by atoms with Gasteiger partial charge in [0.2, 0.25) is 0 Å². The molecule has 3 saturated heterocycles. The zero-order chi connectivity index (χ0) is 30.0. The molecule has 14 heteroatoms. The summed E-state index contributed by atoms with van der Waals surface area (Å²) >= 11 is 0. The number of H-pyrrole nitrogens is 1. The third-order valence-electron chi connectivity index (χ3n) is 8.12. The van der Waals surface area contributed by atoms with Gasteiger partial charge in [0.15, 0.2) is 11.9 Å². The second kappa shape index (κ2) is 12.5. The standard InChI is InChI=1S/C29H34F3N5O6/c30-29(31,32)43-22-6-4-19(5-7-22)27(38)35-10-8-20(9-11-35)37-24-15-21(16-33-26(24)34-28(37)39)36-12-14-40-23(17-36)18-42-25-3-1-2-13-41-25/h4-7,15-16,20,23,25H,1-3,8-14,17-18H2,(H,33,34,39)/t23-,25?/m0/s1. The number of alkyl halides is 3. The van der Waals surface area contributed by atoms with Crippen molar-refractivity contribution in [3.05, 3.63) is 52.6 Å². The molecule has 43 heavy (non-hydrogen) atoms. The monoisotopic (exact) mass is 605 g/mol. The molecule has 6 rings (SSSR count). The average molecular weight is 606 g/mol. The van der Waals surface area contributed by atoms with Crippen LogP contribution in [0, 0.1) is 0 Å². The third-order valence-corrected chi connectivity index (χ3v) is 8.12. The van der Waals surface area contributed by atoms with E-state index in [0.29, 0.717) is 63.4 Å².